The molecule has 0 aliphatic rings. The average molecular weight is 252 g/mol. The van der Waals surface area contributed by atoms with Gasteiger partial charge in [-0.3, -0.25) is 0 Å². The molecule has 90 valence electrons. The number of imidazole rings is 1. The Labute approximate surface area is 105 Å². The minimum Gasteiger partial charge on any atom is -0.368 e. The number of nitrogens with zero attached hydrogens (tertiary/aromatic N) is 4. The fraction of sp³-hybridized carbons (Fsp3) is 0.364. The summed E-state index contributed by atoms with van der Waals surface area (Å²) in [6.07, 6.45) is 7.76. The van der Waals surface area contributed by atoms with Crippen molar-refractivity contribution in [1.29, 1.82) is 0 Å². The zero-order valence-electron chi connectivity index (χ0n) is 9.60. The lowest BCUT2D eigenvalue weighted by atomic mass is 10.2. The summed E-state index contributed by atoms with van der Waals surface area (Å²) in [4.78, 5) is 12.1. The second-order valence-electron chi connectivity index (χ2n) is 3.57. The standard InChI is InChI=1S/C11H14ClN5/c1-2-9-10(12)15-7-16-11(9)14-4-6-17-5-3-13-8-17/h3,5,7-8H,2,4,6H2,1H3,(H,14,15,16). The van der Waals surface area contributed by atoms with Gasteiger partial charge in [0, 0.05) is 31.0 Å². The summed E-state index contributed by atoms with van der Waals surface area (Å²) >= 11 is 6.00. The van der Waals surface area contributed by atoms with Crippen LogP contribution in [0.25, 0.3) is 0 Å². The second kappa shape index (κ2) is 5.63. The van der Waals surface area contributed by atoms with Crippen LogP contribution < -0.4 is 5.32 Å². The predicted octanol–water partition coefficient (Wildman–Crippen LogP) is 2.00. The Bertz CT molecular complexity index is 469. The highest BCUT2D eigenvalue weighted by Gasteiger charge is 2.06. The first-order valence-electron chi connectivity index (χ1n) is 5.50. The topological polar surface area (TPSA) is 55.6 Å². The molecule has 0 saturated heterocycles. The fourth-order valence-electron chi connectivity index (χ4n) is 1.58. The van der Waals surface area contributed by atoms with Crippen LogP contribution in [0.15, 0.2) is 25.0 Å². The molecule has 0 atom stereocenters. The minimum absolute atomic E-state index is 0.521. The van der Waals surface area contributed by atoms with Crippen LogP contribution in [-0.2, 0) is 13.0 Å². The van der Waals surface area contributed by atoms with Crippen molar-refractivity contribution in [1.82, 2.24) is 19.5 Å². The Morgan fingerprint density at radius 3 is 3.00 bits per heavy atom. The van der Waals surface area contributed by atoms with Gasteiger partial charge in [-0.2, -0.15) is 0 Å². The van der Waals surface area contributed by atoms with E-state index in [2.05, 4.69) is 20.3 Å². The first kappa shape index (κ1) is 11.9. The minimum atomic E-state index is 0.521. The van der Waals surface area contributed by atoms with E-state index >= 15 is 0 Å². The van der Waals surface area contributed by atoms with E-state index < -0.39 is 0 Å². The number of anilines is 1. The molecule has 0 radical (unpaired) electrons. The van der Waals surface area contributed by atoms with Gasteiger partial charge in [-0.25, -0.2) is 15.0 Å². The van der Waals surface area contributed by atoms with E-state index in [-0.39, 0.29) is 0 Å². The number of rotatable bonds is 5. The van der Waals surface area contributed by atoms with E-state index in [0.29, 0.717) is 5.15 Å². The number of aromatic nitrogens is 4. The fourth-order valence-corrected chi connectivity index (χ4v) is 1.85. The molecule has 6 heteroatoms. The molecular formula is C11H14ClN5. The monoisotopic (exact) mass is 251 g/mol. The molecule has 2 aromatic heterocycles. The van der Waals surface area contributed by atoms with Crippen molar-refractivity contribution < 1.29 is 0 Å². The molecule has 1 N–H and O–H groups in total. The number of hydrogen-bond donors (Lipinski definition) is 1. The molecule has 0 unspecified atom stereocenters. The van der Waals surface area contributed by atoms with Crippen molar-refractivity contribution in [3.63, 3.8) is 0 Å². The van der Waals surface area contributed by atoms with E-state index in [9.17, 15) is 0 Å². The van der Waals surface area contributed by atoms with Crippen molar-refractivity contribution in [2.75, 3.05) is 11.9 Å². The summed E-state index contributed by atoms with van der Waals surface area (Å²) in [6, 6.07) is 0. The predicted molar refractivity (Wildman–Crippen MR) is 67.1 cm³/mol. The lowest BCUT2D eigenvalue weighted by Gasteiger charge is -2.10. The van der Waals surface area contributed by atoms with Crippen molar-refractivity contribution in [3.8, 4) is 0 Å². The Morgan fingerprint density at radius 2 is 2.29 bits per heavy atom. The Kier molecular flexibility index (Phi) is 3.93. The maximum absolute atomic E-state index is 6.00. The van der Waals surface area contributed by atoms with Gasteiger partial charge in [-0.05, 0) is 6.42 Å². The highest BCUT2D eigenvalue weighted by atomic mass is 35.5. The molecule has 0 bridgehead atoms. The SMILES string of the molecule is CCc1c(Cl)ncnc1NCCn1ccnc1. The van der Waals surface area contributed by atoms with Crippen molar-refractivity contribution in [3.05, 3.63) is 35.8 Å². The molecule has 2 aromatic rings. The third kappa shape index (κ3) is 2.94. The van der Waals surface area contributed by atoms with E-state index in [1.165, 1.54) is 6.33 Å². The van der Waals surface area contributed by atoms with Crippen molar-refractivity contribution >= 4 is 17.4 Å². The molecule has 2 rings (SSSR count). The quantitative estimate of drug-likeness (QED) is 0.826. The third-order valence-corrected chi connectivity index (χ3v) is 2.79. The van der Waals surface area contributed by atoms with Gasteiger partial charge in [0.2, 0.25) is 0 Å². The van der Waals surface area contributed by atoms with Crippen LogP contribution in [-0.4, -0.2) is 26.1 Å². The molecule has 0 fully saturated rings. The smallest absolute Gasteiger partial charge is 0.137 e. The first-order valence-corrected chi connectivity index (χ1v) is 5.88. The molecule has 2 heterocycles. The van der Waals surface area contributed by atoms with Gasteiger partial charge in [-0.1, -0.05) is 18.5 Å². The summed E-state index contributed by atoms with van der Waals surface area (Å²) in [5, 5.41) is 3.78. The summed E-state index contributed by atoms with van der Waals surface area (Å²) in [5.41, 5.74) is 0.958. The maximum atomic E-state index is 6.00. The molecule has 0 aromatic carbocycles. The van der Waals surface area contributed by atoms with Gasteiger partial charge in [0.1, 0.15) is 17.3 Å². The van der Waals surface area contributed by atoms with Crippen LogP contribution in [0.4, 0.5) is 5.82 Å². The van der Waals surface area contributed by atoms with E-state index in [4.69, 9.17) is 11.6 Å². The van der Waals surface area contributed by atoms with Crippen LogP contribution in [0.1, 0.15) is 12.5 Å². The molecule has 0 amide bonds. The van der Waals surface area contributed by atoms with Crippen molar-refractivity contribution in [2.24, 2.45) is 0 Å². The van der Waals surface area contributed by atoms with Gasteiger partial charge in [0.05, 0.1) is 6.33 Å². The molecule has 0 spiro atoms. The van der Waals surface area contributed by atoms with E-state index in [1.807, 2.05) is 17.7 Å². The Hall–Kier alpha value is -1.62. The van der Waals surface area contributed by atoms with Gasteiger partial charge in [0.15, 0.2) is 0 Å². The zero-order valence-corrected chi connectivity index (χ0v) is 10.4. The molecule has 0 aliphatic heterocycles. The van der Waals surface area contributed by atoms with Crippen LogP contribution >= 0.6 is 11.6 Å². The average Bonchev–Trinajstić information content (AvgIpc) is 2.82. The zero-order chi connectivity index (χ0) is 12.1. The Morgan fingerprint density at radius 1 is 1.41 bits per heavy atom. The van der Waals surface area contributed by atoms with Crippen LogP contribution in [0, 0.1) is 0 Å². The third-order valence-electron chi connectivity index (χ3n) is 2.47. The van der Waals surface area contributed by atoms with Crippen LogP contribution in [0.2, 0.25) is 5.15 Å². The van der Waals surface area contributed by atoms with E-state index in [1.54, 1.807) is 12.5 Å². The largest absolute Gasteiger partial charge is 0.368 e. The molecule has 5 nitrogen and oxygen atoms in total. The highest BCUT2D eigenvalue weighted by Crippen LogP contribution is 2.19. The maximum Gasteiger partial charge on any atom is 0.137 e. The summed E-state index contributed by atoms with van der Waals surface area (Å²) < 4.78 is 2.00. The van der Waals surface area contributed by atoms with Crippen molar-refractivity contribution in [2.45, 2.75) is 19.9 Å². The van der Waals surface area contributed by atoms with E-state index in [0.717, 1.165) is 30.9 Å². The van der Waals surface area contributed by atoms with Gasteiger partial charge >= 0.3 is 0 Å². The summed E-state index contributed by atoms with van der Waals surface area (Å²) in [5.74, 6) is 0.813. The highest BCUT2D eigenvalue weighted by molar-refractivity contribution is 6.30. The number of halogens is 1. The lowest BCUT2D eigenvalue weighted by Crippen LogP contribution is -2.12. The molecule has 0 saturated carbocycles. The molecule has 17 heavy (non-hydrogen) atoms. The number of hydrogen-bond acceptors (Lipinski definition) is 4. The van der Waals surface area contributed by atoms with Gasteiger partial charge in [0.25, 0.3) is 0 Å². The van der Waals surface area contributed by atoms with Crippen LogP contribution in [0.5, 0.6) is 0 Å². The van der Waals surface area contributed by atoms with Gasteiger partial charge < -0.3 is 9.88 Å². The molecular weight excluding hydrogens is 238 g/mol. The lowest BCUT2D eigenvalue weighted by molar-refractivity contribution is 0.724. The van der Waals surface area contributed by atoms with Gasteiger partial charge in [-0.15, -0.1) is 0 Å². The first-order chi connectivity index (χ1) is 8.31. The summed E-state index contributed by atoms with van der Waals surface area (Å²) in [6.45, 7) is 3.65. The van der Waals surface area contributed by atoms with Crippen LogP contribution in [0.3, 0.4) is 0 Å². The number of nitrogens with one attached hydrogen (secondary N) is 1. The summed E-state index contributed by atoms with van der Waals surface area (Å²) in [7, 11) is 0. The Balaban J connectivity index is 1.97. The second-order valence-corrected chi connectivity index (χ2v) is 3.93. The normalized spacial score (nSPS) is 10.5. The molecule has 0 aliphatic carbocycles.